The van der Waals surface area contributed by atoms with Gasteiger partial charge in [-0.3, -0.25) is 14.5 Å². The summed E-state index contributed by atoms with van der Waals surface area (Å²) in [6.07, 6.45) is 2.35. The van der Waals surface area contributed by atoms with E-state index in [4.69, 9.17) is 30.5 Å². The second-order valence-electron chi connectivity index (χ2n) is 13.3. The Bertz CT molecular complexity index is 1430. The van der Waals surface area contributed by atoms with E-state index in [-0.39, 0.29) is 45.1 Å². The summed E-state index contributed by atoms with van der Waals surface area (Å²) in [5, 5.41) is 6.09. The van der Waals surface area contributed by atoms with Gasteiger partial charge in [-0.05, 0) is 64.2 Å². The summed E-state index contributed by atoms with van der Waals surface area (Å²) in [5.74, 6) is -2.00. The van der Waals surface area contributed by atoms with Gasteiger partial charge in [-0.15, -0.1) is 0 Å². The zero-order valence-electron chi connectivity index (χ0n) is 27.2. The van der Waals surface area contributed by atoms with Crippen LogP contribution in [-0.4, -0.2) is 95.5 Å². The number of ether oxygens (including phenoxy) is 4. The maximum absolute atomic E-state index is 14.2. The highest BCUT2D eigenvalue weighted by Crippen LogP contribution is 2.46. The van der Waals surface area contributed by atoms with Crippen molar-refractivity contribution in [3.8, 4) is 0 Å². The number of carbonyl (C=O) groups excluding carboxylic acids is 5. The molecule has 3 aliphatic heterocycles. The Kier molecular flexibility index (Phi) is 10.4. The number of benzene rings is 1. The molecular weight excluding hydrogens is 632 g/mol. The van der Waals surface area contributed by atoms with Crippen molar-refractivity contribution >= 4 is 41.6 Å². The Balaban J connectivity index is 1.38. The Hall–Kier alpha value is -3.84. The molecule has 5 rings (SSSR count). The normalized spacial score (nSPS) is 27.8. The quantitative estimate of drug-likeness (QED) is 0.278. The van der Waals surface area contributed by atoms with E-state index in [0.717, 1.165) is 11.1 Å². The minimum Gasteiger partial charge on any atom is -0.464 e. The van der Waals surface area contributed by atoms with Gasteiger partial charge in [0.1, 0.15) is 29.3 Å². The van der Waals surface area contributed by atoms with Gasteiger partial charge < -0.3 is 34.5 Å². The number of hydrogen-bond acceptors (Lipinski definition) is 9. The van der Waals surface area contributed by atoms with Crippen LogP contribution in [0.15, 0.2) is 30.4 Å². The molecule has 1 aromatic carbocycles. The summed E-state index contributed by atoms with van der Waals surface area (Å²) in [7, 11) is 0. The van der Waals surface area contributed by atoms with Gasteiger partial charge in [0, 0.05) is 30.5 Å². The molecule has 0 spiro atoms. The standard InChI is InChI=1S/C33H43ClN4O9/c1-5-45-29(41)33-16-21(33)10-7-13-44-14-8-12-25(35-30(42)47-32(2,3)4)28(40)38-18-22(15-26(38)27(39)36-33)46-31(43)37-17-20-9-6-11-24(34)23(20)19-37/h6-7,9-11,21-22,25-26H,5,8,12-19H2,1-4H3,(H,35,42)(H,36,39)/t21-,22-,25+,26+,33-/m1/s1. The van der Waals surface area contributed by atoms with Crippen molar-refractivity contribution in [1.29, 1.82) is 0 Å². The molecule has 2 N–H and O–H groups in total. The third-order valence-electron chi connectivity index (χ3n) is 8.65. The number of rotatable bonds is 4. The van der Waals surface area contributed by atoms with Crippen molar-refractivity contribution < 1.29 is 42.9 Å². The lowest BCUT2D eigenvalue weighted by Gasteiger charge is -2.30. The van der Waals surface area contributed by atoms with E-state index in [2.05, 4.69) is 10.6 Å². The fourth-order valence-corrected chi connectivity index (χ4v) is 6.54. The van der Waals surface area contributed by atoms with Gasteiger partial charge in [-0.25, -0.2) is 14.4 Å². The molecule has 47 heavy (non-hydrogen) atoms. The van der Waals surface area contributed by atoms with Gasteiger partial charge in [-0.1, -0.05) is 35.9 Å². The van der Waals surface area contributed by atoms with E-state index in [1.54, 1.807) is 39.8 Å². The van der Waals surface area contributed by atoms with Crippen LogP contribution in [0, 0.1) is 5.92 Å². The van der Waals surface area contributed by atoms with Crippen LogP contribution in [-0.2, 0) is 46.4 Å². The van der Waals surface area contributed by atoms with Crippen LogP contribution in [0.4, 0.5) is 9.59 Å². The molecule has 1 saturated heterocycles. The molecule has 14 heteroatoms. The summed E-state index contributed by atoms with van der Waals surface area (Å²) in [6, 6.07) is 3.33. The van der Waals surface area contributed by atoms with Crippen LogP contribution in [0.1, 0.15) is 64.5 Å². The lowest BCUT2D eigenvalue weighted by molar-refractivity contribution is -0.150. The van der Waals surface area contributed by atoms with Crippen LogP contribution < -0.4 is 10.6 Å². The van der Waals surface area contributed by atoms with E-state index < -0.39 is 59.3 Å². The lowest BCUT2D eigenvalue weighted by atomic mass is 10.1. The first-order chi connectivity index (χ1) is 22.3. The molecule has 1 saturated carbocycles. The van der Waals surface area contributed by atoms with Crippen LogP contribution in [0.2, 0.25) is 5.02 Å². The second kappa shape index (κ2) is 14.1. The topological polar surface area (TPSA) is 153 Å². The van der Waals surface area contributed by atoms with E-state index in [9.17, 15) is 24.0 Å². The Morgan fingerprint density at radius 2 is 1.98 bits per heavy atom. The monoisotopic (exact) mass is 674 g/mol. The smallest absolute Gasteiger partial charge is 0.410 e. The molecule has 1 aromatic rings. The fraction of sp³-hybridized carbons (Fsp3) is 0.606. The number of fused-ring (bicyclic) bond motifs is 3. The van der Waals surface area contributed by atoms with Crippen LogP contribution in [0.5, 0.6) is 0 Å². The number of esters is 1. The van der Waals surface area contributed by atoms with Gasteiger partial charge >= 0.3 is 18.2 Å². The molecule has 4 aliphatic rings. The maximum Gasteiger partial charge on any atom is 0.410 e. The predicted molar refractivity (Wildman–Crippen MR) is 169 cm³/mol. The number of nitrogens with zero attached hydrogens (tertiary/aromatic N) is 2. The number of hydrogen-bond donors (Lipinski definition) is 2. The molecular formula is C33H43ClN4O9. The van der Waals surface area contributed by atoms with Crippen LogP contribution in [0.3, 0.4) is 0 Å². The van der Waals surface area contributed by atoms with Crippen molar-refractivity contribution in [3.63, 3.8) is 0 Å². The van der Waals surface area contributed by atoms with Gasteiger partial charge in [0.05, 0.1) is 26.3 Å². The van der Waals surface area contributed by atoms with E-state index in [0.29, 0.717) is 31.0 Å². The zero-order valence-corrected chi connectivity index (χ0v) is 28.0. The average Bonchev–Trinajstić information content (AvgIpc) is 3.31. The van der Waals surface area contributed by atoms with Gasteiger partial charge in [0.2, 0.25) is 11.8 Å². The SMILES string of the molecule is CCOC(=O)[C@@]12C[C@H]1C=CCOCCC[C@H](NC(=O)OC(C)(C)C)C(=O)N1C[C@H](OC(=O)N3Cc4cccc(Cl)c4C3)C[C@H]1C(=O)N2. The van der Waals surface area contributed by atoms with Crippen molar-refractivity contribution in [2.45, 2.75) is 95.8 Å². The maximum atomic E-state index is 14.2. The van der Waals surface area contributed by atoms with Crippen LogP contribution >= 0.6 is 11.6 Å². The molecule has 1 aliphatic carbocycles. The minimum atomic E-state index is -1.29. The number of nitrogens with one attached hydrogen (secondary N) is 2. The fourth-order valence-electron chi connectivity index (χ4n) is 6.28. The van der Waals surface area contributed by atoms with Crippen LogP contribution in [0.25, 0.3) is 0 Å². The molecule has 0 radical (unpaired) electrons. The minimum absolute atomic E-state index is 0.00740. The molecule has 0 unspecified atom stereocenters. The summed E-state index contributed by atoms with van der Waals surface area (Å²) in [5.41, 5.74) is -0.334. The number of halogens is 1. The summed E-state index contributed by atoms with van der Waals surface area (Å²) in [6.45, 7) is 8.02. The third kappa shape index (κ3) is 8.01. The van der Waals surface area contributed by atoms with Gasteiger partial charge in [0.25, 0.3) is 0 Å². The molecule has 256 valence electrons. The zero-order chi connectivity index (χ0) is 33.9. The summed E-state index contributed by atoms with van der Waals surface area (Å²) in [4.78, 5) is 70.2. The molecule has 3 heterocycles. The largest absolute Gasteiger partial charge is 0.464 e. The summed E-state index contributed by atoms with van der Waals surface area (Å²) < 4.78 is 22.3. The highest BCUT2D eigenvalue weighted by molar-refractivity contribution is 6.31. The summed E-state index contributed by atoms with van der Waals surface area (Å²) >= 11 is 6.34. The first kappa shape index (κ1) is 34.5. The molecule has 4 amide bonds. The molecule has 13 nitrogen and oxygen atoms in total. The number of amides is 4. The predicted octanol–water partition coefficient (Wildman–Crippen LogP) is 3.46. The molecule has 2 fully saturated rings. The number of carbonyl (C=O) groups is 5. The average molecular weight is 675 g/mol. The van der Waals surface area contributed by atoms with Gasteiger partial charge in [0.15, 0.2) is 0 Å². The second-order valence-corrected chi connectivity index (χ2v) is 13.7. The number of alkyl carbamates (subject to hydrolysis) is 1. The van der Waals surface area contributed by atoms with E-state index in [1.807, 2.05) is 18.2 Å². The van der Waals surface area contributed by atoms with E-state index >= 15 is 0 Å². The Morgan fingerprint density at radius 1 is 1.19 bits per heavy atom. The highest BCUT2D eigenvalue weighted by Gasteiger charge is 2.62. The van der Waals surface area contributed by atoms with E-state index in [1.165, 1.54) is 9.80 Å². The molecule has 0 bridgehead atoms. The first-order valence-corrected chi connectivity index (χ1v) is 16.4. The van der Waals surface area contributed by atoms with Crippen molar-refractivity contribution in [3.05, 3.63) is 46.5 Å². The third-order valence-corrected chi connectivity index (χ3v) is 9.01. The Morgan fingerprint density at radius 3 is 2.70 bits per heavy atom. The van der Waals surface area contributed by atoms with Crippen molar-refractivity contribution in [2.75, 3.05) is 26.4 Å². The lowest BCUT2D eigenvalue weighted by Crippen LogP contribution is -2.56. The van der Waals surface area contributed by atoms with Gasteiger partial charge in [-0.2, -0.15) is 0 Å². The first-order valence-electron chi connectivity index (χ1n) is 16.1. The highest BCUT2D eigenvalue weighted by atomic mass is 35.5. The Labute approximate surface area is 279 Å². The van der Waals surface area contributed by atoms with Crippen molar-refractivity contribution in [2.24, 2.45) is 5.92 Å². The van der Waals surface area contributed by atoms with Crippen molar-refractivity contribution in [1.82, 2.24) is 20.4 Å². The molecule has 5 atom stereocenters. The molecule has 0 aromatic heterocycles.